The Labute approximate surface area is 118 Å². The standard InChI is InChI=1S/C12H14BrFN2O3/c1-19-9-2-4-15(5-3-9)11-7-8(13)6-10(14)12(11)16(17)18/h6-7,9H,2-5H2,1H3. The van der Waals surface area contributed by atoms with E-state index in [2.05, 4.69) is 15.9 Å². The molecule has 5 nitrogen and oxygen atoms in total. The summed E-state index contributed by atoms with van der Waals surface area (Å²) in [6, 6.07) is 2.71. The van der Waals surface area contributed by atoms with Gasteiger partial charge in [-0.1, -0.05) is 15.9 Å². The van der Waals surface area contributed by atoms with E-state index in [4.69, 9.17) is 4.74 Å². The van der Waals surface area contributed by atoms with Crippen molar-refractivity contribution in [3.8, 4) is 0 Å². The van der Waals surface area contributed by atoms with Crippen LogP contribution in [-0.4, -0.2) is 31.2 Å². The highest BCUT2D eigenvalue weighted by molar-refractivity contribution is 9.10. The molecular weight excluding hydrogens is 319 g/mol. The smallest absolute Gasteiger partial charge is 0.327 e. The predicted molar refractivity (Wildman–Crippen MR) is 73.0 cm³/mol. The number of hydrogen-bond acceptors (Lipinski definition) is 4. The Morgan fingerprint density at radius 2 is 2.11 bits per heavy atom. The molecule has 0 aromatic heterocycles. The van der Waals surface area contributed by atoms with E-state index in [0.717, 1.165) is 18.9 Å². The zero-order valence-electron chi connectivity index (χ0n) is 10.4. The third-order valence-electron chi connectivity index (χ3n) is 3.31. The number of nitro benzene ring substituents is 1. The maximum Gasteiger partial charge on any atom is 0.327 e. The Morgan fingerprint density at radius 1 is 1.47 bits per heavy atom. The Morgan fingerprint density at radius 3 is 2.63 bits per heavy atom. The van der Waals surface area contributed by atoms with E-state index < -0.39 is 16.4 Å². The first-order valence-corrected chi connectivity index (χ1v) is 6.73. The average molecular weight is 333 g/mol. The first kappa shape index (κ1) is 14.2. The molecule has 1 aliphatic heterocycles. The molecule has 0 radical (unpaired) electrons. The fourth-order valence-electron chi connectivity index (χ4n) is 2.31. The fraction of sp³-hybridized carbons (Fsp3) is 0.500. The van der Waals surface area contributed by atoms with E-state index in [1.54, 1.807) is 13.2 Å². The van der Waals surface area contributed by atoms with E-state index >= 15 is 0 Å². The van der Waals surface area contributed by atoms with Crippen molar-refractivity contribution in [1.29, 1.82) is 0 Å². The highest BCUT2D eigenvalue weighted by atomic mass is 79.9. The molecule has 1 fully saturated rings. The molecule has 1 aromatic carbocycles. The summed E-state index contributed by atoms with van der Waals surface area (Å²) in [6.07, 6.45) is 1.73. The molecular formula is C12H14BrFN2O3. The first-order valence-electron chi connectivity index (χ1n) is 5.94. The molecule has 0 saturated carbocycles. The summed E-state index contributed by atoms with van der Waals surface area (Å²) in [4.78, 5) is 12.2. The maximum absolute atomic E-state index is 13.7. The van der Waals surface area contributed by atoms with E-state index in [1.807, 2.05) is 4.90 Å². The number of anilines is 1. The van der Waals surface area contributed by atoms with E-state index in [-0.39, 0.29) is 6.10 Å². The largest absolute Gasteiger partial charge is 0.381 e. The second-order valence-electron chi connectivity index (χ2n) is 4.43. The molecule has 0 bridgehead atoms. The quantitative estimate of drug-likeness (QED) is 0.630. The Bertz CT molecular complexity index is 490. The molecule has 0 amide bonds. The number of hydrogen-bond donors (Lipinski definition) is 0. The lowest BCUT2D eigenvalue weighted by Crippen LogP contribution is -2.37. The second kappa shape index (κ2) is 5.83. The summed E-state index contributed by atoms with van der Waals surface area (Å²) in [7, 11) is 1.65. The van der Waals surface area contributed by atoms with Crippen LogP contribution < -0.4 is 4.90 Å². The van der Waals surface area contributed by atoms with E-state index in [1.165, 1.54) is 0 Å². The van der Waals surface area contributed by atoms with Gasteiger partial charge in [-0.3, -0.25) is 10.1 Å². The lowest BCUT2D eigenvalue weighted by atomic mass is 10.1. The third-order valence-corrected chi connectivity index (χ3v) is 3.76. The summed E-state index contributed by atoms with van der Waals surface area (Å²) in [5.74, 6) is -0.816. The van der Waals surface area contributed by atoms with Crippen LogP contribution in [0.5, 0.6) is 0 Å². The normalized spacial score (nSPS) is 16.7. The summed E-state index contributed by atoms with van der Waals surface area (Å²) in [5.41, 5.74) is -0.134. The van der Waals surface area contributed by atoms with Gasteiger partial charge in [-0.2, -0.15) is 4.39 Å². The first-order chi connectivity index (χ1) is 9.02. The highest BCUT2D eigenvalue weighted by Crippen LogP contribution is 2.35. The molecule has 104 valence electrons. The number of halogens is 2. The van der Waals surface area contributed by atoms with Gasteiger partial charge in [-0.05, 0) is 25.0 Å². The Balaban J connectivity index is 2.31. The highest BCUT2D eigenvalue weighted by Gasteiger charge is 2.28. The van der Waals surface area contributed by atoms with Crippen molar-refractivity contribution in [2.24, 2.45) is 0 Å². The molecule has 1 aliphatic rings. The second-order valence-corrected chi connectivity index (χ2v) is 5.35. The molecule has 0 aliphatic carbocycles. The summed E-state index contributed by atoms with van der Waals surface area (Å²) in [5, 5.41) is 11.0. The van der Waals surface area contributed by atoms with Crippen LogP contribution in [0.2, 0.25) is 0 Å². The molecule has 0 atom stereocenters. The zero-order chi connectivity index (χ0) is 14.0. The monoisotopic (exact) mass is 332 g/mol. The van der Waals surface area contributed by atoms with Gasteiger partial charge in [-0.15, -0.1) is 0 Å². The summed E-state index contributed by atoms with van der Waals surface area (Å²) < 4.78 is 19.5. The van der Waals surface area contributed by atoms with Crippen LogP contribution in [0.1, 0.15) is 12.8 Å². The van der Waals surface area contributed by atoms with Crippen LogP contribution in [0.3, 0.4) is 0 Å². The lowest BCUT2D eigenvalue weighted by molar-refractivity contribution is -0.386. The van der Waals surface area contributed by atoms with Gasteiger partial charge in [0.15, 0.2) is 0 Å². The van der Waals surface area contributed by atoms with Crippen LogP contribution >= 0.6 is 15.9 Å². The fourth-order valence-corrected chi connectivity index (χ4v) is 2.72. The van der Waals surface area contributed by atoms with E-state index in [9.17, 15) is 14.5 Å². The number of nitrogens with zero attached hydrogens (tertiary/aromatic N) is 2. The van der Waals surface area contributed by atoms with Crippen molar-refractivity contribution < 1.29 is 14.1 Å². The predicted octanol–water partition coefficient (Wildman–Crippen LogP) is 3.11. The molecule has 0 spiro atoms. The topological polar surface area (TPSA) is 55.6 Å². The van der Waals surface area contributed by atoms with Crippen molar-refractivity contribution in [3.63, 3.8) is 0 Å². The SMILES string of the molecule is COC1CCN(c2cc(Br)cc(F)c2[N+](=O)[O-])CC1. The number of piperidine rings is 1. The van der Waals surface area contributed by atoms with Gasteiger partial charge in [0.25, 0.3) is 0 Å². The molecule has 7 heteroatoms. The van der Waals surface area contributed by atoms with Crippen molar-refractivity contribution >= 4 is 27.3 Å². The third kappa shape index (κ3) is 3.03. The Kier molecular flexibility index (Phi) is 4.36. The van der Waals surface area contributed by atoms with Crippen molar-refractivity contribution in [2.45, 2.75) is 18.9 Å². The van der Waals surface area contributed by atoms with Crippen LogP contribution in [-0.2, 0) is 4.74 Å². The Hall–Kier alpha value is -1.21. The molecule has 1 heterocycles. The zero-order valence-corrected chi connectivity index (χ0v) is 12.0. The maximum atomic E-state index is 13.7. The number of methoxy groups -OCH3 is 1. The van der Waals surface area contributed by atoms with Gasteiger partial charge < -0.3 is 9.64 Å². The summed E-state index contributed by atoms with van der Waals surface area (Å²) >= 11 is 3.17. The number of benzene rings is 1. The van der Waals surface area contributed by atoms with Crippen LogP contribution in [0.4, 0.5) is 15.8 Å². The van der Waals surface area contributed by atoms with Crippen molar-refractivity contribution in [2.75, 3.05) is 25.1 Å². The van der Waals surface area contributed by atoms with E-state index in [0.29, 0.717) is 23.2 Å². The number of ether oxygens (including phenoxy) is 1. The average Bonchev–Trinajstić information content (AvgIpc) is 2.37. The van der Waals surface area contributed by atoms with Crippen LogP contribution in [0.15, 0.2) is 16.6 Å². The molecule has 0 unspecified atom stereocenters. The number of nitro groups is 1. The van der Waals surface area contributed by atoms with Gasteiger partial charge in [0, 0.05) is 24.7 Å². The van der Waals surface area contributed by atoms with Crippen molar-refractivity contribution in [3.05, 3.63) is 32.5 Å². The molecule has 2 rings (SSSR count). The van der Waals surface area contributed by atoms with Gasteiger partial charge in [-0.25, -0.2) is 0 Å². The lowest BCUT2D eigenvalue weighted by Gasteiger charge is -2.32. The minimum Gasteiger partial charge on any atom is -0.381 e. The minimum atomic E-state index is -0.816. The van der Waals surface area contributed by atoms with Gasteiger partial charge in [0.05, 0.1) is 11.0 Å². The molecule has 1 saturated heterocycles. The number of rotatable bonds is 3. The van der Waals surface area contributed by atoms with Gasteiger partial charge >= 0.3 is 5.69 Å². The van der Waals surface area contributed by atoms with Gasteiger partial charge in [0.2, 0.25) is 5.82 Å². The molecule has 19 heavy (non-hydrogen) atoms. The van der Waals surface area contributed by atoms with Crippen LogP contribution in [0.25, 0.3) is 0 Å². The molecule has 1 aromatic rings. The van der Waals surface area contributed by atoms with Gasteiger partial charge in [0.1, 0.15) is 5.69 Å². The minimum absolute atomic E-state index is 0.173. The van der Waals surface area contributed by atoms with Crippen molar-refractivity contribution in [1.82, 2.24) is 0 Å². The summed E-state index contributed by atoms with van der Waals surface area (Å²) in [6.45, 7) is 1.24. The molecule has 0 N–H and O–H groups in total. The van der Waals surface area contributed by atoms with Crippen LogP contribution in [0, 0.1) is 15.9 Å².